The third-order valence-corrected chi connectivity index (χ3v) is 8.76. The van der Waals surface area contributed by atoms with Crippen molar-refractivity contribution in [2.24, 2.45) is 11.3 Å². The van der Waals surface area contributed by atoms with Crippen LogP contribution in [0.4, 0.5) is 13.2 Å². The Hall–Kier alpha value is -1.29. The summed E-state index contributed by atoms with van der Waals surface area (Å²) in [7, 11) is 0. The predicted molar refractivity (Wildman–Crippen MR) is 115 cm³/mol. The minimum absolute atomic E-state index is 0.0315. The lowest BCUT2D eigenvalue weighted by Crippen LogP contribution is -2.50. The molecule has 3 atom stereocenters. The van der Waals surface area contributed by atoms with Crippen LogP contribution in [0.2, 0.25) is 0 Å². The fourth-order valence-corrected chi connectivity index (χ4v) is 6.66. The highest BCUT2D eigenvalue weighted by Gasteiger charge is 2.51. The van der Waals surface area contributed by atoms with Gasteiger partial charge < -0.3 is 14.6 Å². The van der Waals surface area contributed by atoms with Gasteiger partial charge in [-0.3, -0.25) is 9.69 Å². The normalized spacial score (nSPS) is 29.4. The molecule has 2 fully saturated rings. The van der Waals surface area contributed by atoms with Gasteiger partial charge in [0.15, 0.2) is 10.8 Å². The van der Waals surface area contributed by atoms with Crippen molar-refractivity contribution in [3.8, 4) is 0 Å². The van der Waals surface area contributed by atoms with Crippen molar-refractivity contribution in [2.45, 2.75) is 75.7 Å². The van der Waals surface area contributed by atoms with Crippen molar-refractivity contribution in [3.05, 3.63) is 29.3 Å². The molecule has 1 amide bonds. The number of ether oxygens (including phenoxy) is 1. The Morgan fingerprint density at radius 2 is 1.97 bits per heavy atom. The van der Waals surface area contributed by atoms with Gasteiger partial charge in [0.1, 0.15) is 0 Å². The van der Waals surface area contributed by atoms with Gasteiger partial charge in [0, 0.05) is 42.0 Å². The Morgan fingerprint density at radius 1 is 1.25 bits per heavy atom. The van der Waals surface area contributed by atoms with E-state index >= 15 is 0 Å². The Morgan fingerprint density at radius 3 is 2.62 bits per heavy atom. The number of rotatable bonds is 4. The van der Waals surface area contributed by atoms with Crippen LogP contribution in [0.3, 0.4) is 0 Å². The number of nitrogens with zero attached hydrogens (tertiary/aromatic N) is 1. The topological polar surface area (TPSA) is 64.6 Å². The van der Waals surface area contributed by atoms with Crippen molar-refractivity contribution in [3.63, 3.8) is 0 Å². The monoisotopic (exact) mass is 472 g/mol. The number of benzene rings is 1. The first-order valence-electron chi connectivity index (χ1n) is 11.3. The third-order valence-electron chi connectivity index (χ3n) is 7.33. The van der Waals surface area contributed by atoms with Gasteiger partial charge in [-0.2, -0.15) is 13.2 Å². The fourth-order valence-electron chi connectivity index (χ4n) is 5.39. The maximum Gasteiger partial charge on any atom is 0.416 e. The molecule has 2 aliphatic heterocycles. The highest BCUT2D eigenvalue weighted by atomic mass is 32.2. The van der Waals surface area contributed by atoms with Gasteiger partial charge >= 0.3 is 6.18 Å². The maximum atomic E-state index is 13.8. The molecule has 1 aromatic rings. The molecule has 1 saturated heterocycles. The van der Waals surface area contributed by atoms with Crippen LogP contribution in [0.5, 0.6) is 0 Å². The summed E-state index contributed by atoms with van der Waals surface area (Å²) in [5.41, 5.74) is -1.04. The third kappa shape index (κ3) is 4.67. The number of alkyl halides is 3. The summed E-state index contributed by atoms with van der Waals surface area (Å²) in [6.07, 6.45) is -0.253. The van der Waals surface area contributed by atoms with E-state index in [9.17, 15) is 22.5 Å². The summed E-state index contributed by atoms with van der Waals surface area (Å²) >= 11 is -1.54. The second kappa shape index (κ2) is 9.16. The Balaban J connectivity index is 1.52. The minimum atomic E-state index is -4.48. The van der Waals surface area contributed by atoms with Gasteiger partial charge in [0.25, 0.3) is 0 Å². The molecular formula is C23H31F3N2O3S. The van der Waals surface area contributed by atoms with Crippen molar-refractivity contribution in [1.82, 2.24) is 10.2 Å². The zero-order chi connectivity index (χ0) is 23.1. The Bertz CT molecular complexity index is 844. The molecule has 0 aromatic heterocycles. The molecule has 4 rings (SSSR count). The van der Waals surface area contributed by atoms with E-state index in [0.29, 0.717) is 22.9 Å². The standard InChI is InChI=1S/C23H31F3N2O3S/c1-15(2)22(8-5-19(12-22)27-18-6-9-31-10-7-18)21(29)28-13-16-11-17(23(24,25)26)3-4-20(16)32(30)14-28/h3-4,11,15,18-19,27H,5-10,12-14H2,1-2H3/t19-,22+,32?/m1/s1. The molecule has 1 saturated carbocycles. The molecule has 9 heteroatoms. The van der Waals surface area contributed by atoms with E-state index in [-0.39, 0.29) is 30.3 Å². The number of halogens is 3. The van der Waals surface area contributed by atoms with Crippen molar-refractivity contribution < 1.29 is 27.3 Å². The molecule has 1 aromatic carbocycles. The van der Waals surface area contributed by atoms with E-state index in [1.54, 1.807) is 0 Å². The van der Waals surface area contributed by atoms with E-state index in [4.69, 9.17) is 4.74 Å². The average molecular weight is 473 g/mol. The lowest BCUT2D eigenvalue weighted by atomic mass is 9.74. The summed E-state index contributed by atoms with van der Waals surface area (Å²) < 4.78 is 57.8. The number of hydrogen-bond acceptors (Lipinski definition) is 4. The van der Waals surface area contributed by atoms with Gasteiger partial charge in [-0.15, -0.1) is 0 Å². The summed E-state index contributed by atoms with van der Waals surface area (Å²) in [6.45, 7) is 5.63. The quantitative estimate of drug-likeness (QED) is 0.671. The first kappa shape index (κ1) is 23.9. The molecular weight excluding hydrogens is 441 g/mol. The zero-order valence-corrected chi connectivity index (χ0v) is 19.4. The van der Waals surface area contributed by atoms with Crippen LogP contribution >= 0.6 is 0 Å². The lowest BCUT2D eigenvalue weighted by molar-refractivity contribution is -0.144. The van der Waals surface area contributed by atoms with Crippen molar-refractivity contribution in [1.29, 1.82) is 0 Å². The molecule has 0 bridgehead atoms. The van der Waals surface area contributed by atoms with Gasteiger partial charge in [-0.1, -0.05) is 13.8 Å². The zero-order valence-electron chi connectivity index (χ0n) is 18.5. The van der Waals surface area contributed by atoms with Gasteiger partial charge in [-0.25, -0.2) is 0 Å². The first-order valence-corrected chi connectivity index (χ1v) is 12.6. The van der Waals surface area contributed by atoms with Crippen LogP contribution < -0.4 is 5.32 Å². The molecule has 1 aliphatic carbocycles. The number of fused-ring (bicyclic) bond motifs is 1. The summed E-state index contributed by atoms with van der Waals surface area (Å²) in [4.78, 5) is 15.7. The molecule has 0 spiro atoms. The Kier molecular flexibility index (Phi) is 6.83. The highest BCUT2D eigenvalue weighted by molar-refractivity contribution is 7.91. The Labute approximate surface area is 190 Å². The van der Waals surface area contributed by atoms with Crippen LogP contribution in [0.15, 0.2) is 23.1 Å². The lowest BCUT2D eigenvalue weighted by Gasteiger charge is -2.39. The molecule has 3 aliphatic rings. The van der Waals surface area contributed by atoms with Crippen LogP contribution in [-0.4, -0.2) is 46.5 Å². The molecule has 178 valence electrons. The van der Waals surface area contributed by atoms with Crippen LogP contribution in [-0.2, 0) is 33.4 Å². The molecule has 2 heterocycles. The van der Waals surface area contributed by atoms with E-state index in [0.717, 1.165) is 51.0 Å². The maximum absolute atomic E-state index is 13.8. The fraction of sp³-hybridized carbons (Fsp3) is 0.696. The van der Waals surface area contributed by atoms with Gasteiger partial charge in [0.05, 0.1) is 17.5 Å². The van der Waals surface area contributed by atoms with Gasteiger partial charge in [-0.05, 0) is 56.2 Å². The largest absolute Gasteiger partial charge is 0.610 e. The van der Waals surface area contributed by atoms with Gasteiger partial charge in [0.2, 0.25) is 5.91 Å². The molecule has 1 N–H and O–H groups in total. The molecule has 1 unspecified atom stereocenters. The number of amides is 1. The predicted octanol–water partition coefficient (Wildman–Crippen LogP) is 4.08. The second-order valence-corrected chi connectivity index (χ2v) is 11.0. The van der Waals surface area contributed by atoms with E-state index in [2.05, 4.69) is 5.32 Å². The molecule has 5 nitrogen and oxygen atoms in total. The van der Waals surface area contributed by atoms with Crippen LogP contribution in [0, 0.1) is 11.3 Å². The first-order chi connectivity index (χ1) is 15.1. The van der Waals surface area contributed by atoms with E-state index < -0.39 is 28.3 Å². The van der Waals surface area contributed by atoms with Crippen molar-refractivity contribution >= 4 is 17.1 Å². The van der Waals surface area contributed by atoms with Crippen molar-refractivity contribution in [2.75, 3.05) is 19.1 Å². The smallest absolute Gasteiger partial charge is 0.416 e. The number of carbonyl (C=O) groups is 1. The highest BCUT2D eigenvalue weighted by Crippen LogP contribution is 2.47. The molecule has 32 heavy (non-hydrogen) atoms. The molecule has 0 radical (unpaired) electrons. The minimum Gasteiger partial charge on any atom is -0.610 e. The summed E-state index contributed by atoms with van der Waals surface area (Å²) in [5.74, 6) is 0.0250. The van der Waals surface area contributed by atoms with E-state index in [1.165, 1.54) is 11.0 Å². The summed E-state index contributed by atoms with van der Waals surface area (Å²) in [5, 5.41) is 3.70. The number of carbonyl (C=O) groups excluding carboxylic acids is 1. The summed E-state index contributed by atoms with van der Waals surface area (Å²) in [6, 6.07) is 3.91. The second-order valence-electron chi connectivity index (χ2n) is 9.60. The number of nitrogens with one attached hydrogen (secondary N) is 1. The number of hydrogen-bond donors (Lipinski definition) is 1. The van der Waals surface area contributed by atoms with E-state index in [1.807, 2.05) is 13.8 Å². The average Bonchev–Trinajstić information content (AvgIpc) is 3.18. The van der Waals surface area contributed by atoms with Crippen LogP contribution in [0.25, 0.3) is 0 Å². The SMILES string of the molecule is CC(C)[C@]1(C(=O)N2Cc3cc(C(F)(F)F)ccc3[S+]([O-])C2)CC[C@@H](NC2CCOCC2)C1. The van der Waals surface area contributed by atoms with Crippen LogP contribution in [0.1, 0.15) is 57.1 Å².